The van der Waals surface area contributed by atoms with Crippen LogP contribution < -0.4 is 5.32 Å². The highest BCUT2D eigenvalue weighted by Crippen LogP contribution is 2.24. The molecule has 2 rings (SSSR count). The summed E-state index contributed by atoms with van der Waals surface area (Å²) in [5.74, 6) is -3.33. The van der Waals surface area contributed by atoms with Crippen LogP contribution in [0.25, 0.3) is 0 Å². The van der Waals surface area contributed by atoms with E-state index < -0.39 is 30.2 Å². The summed E-state index contributed by atoms with van der Waals surface area (Å²) in [7, 11) is 0. The lowest BCUT2D eigenvalue weighted by Gasteiger charge is -2.07. The molecule has 0 saturated heterocycles. The zero-order chi connectivity index (χ0) is 17.7. The molecule has 0 aliphatic heterocycles. The number of imide groups is 1. The summed E-state index contributed by atoms with van der Waals surface area (Å²) in [5.41, 5.74) is 0.000691. The van der Waals surface area contributed by atoms with Gasteiger partial charge in [0.2, 0.25) is 0 Å². The van der Waals surface area contributed by atoms with Gasteiger partial charge in [0, 0.05) is 5.56 Å². The van der Waals surface area contributed by atoms with E-state index in [0.29, 0.717) is 0 Å². The molecular formula is C16H10Cl2FNO4. The number of benzene rings is 2. The number of rotatable bonds is 4. The second-order valence-electron chi connectivity index (χ2n) is 4.57. The lowest BCUT2D eigenvalue weighted by molar-refractivity contribution is -0.123. The Morgan fingerprint density at radius 1 is 1.04 bits per heavy atom. The van der Waals surface area contributed by atoms with Crippen LogP contribution >= 0.6 is 23.2 Å². The standard InChI is InChI=1S/C16H10Cl2FNO4/c17-11-7-12(18)13(19)6-10(11)16(23)24-8-14(21)20-15(22)9-4-2-1-3-5-9/h1-7H,8H2,(H,20,21,22). The molecule has 0 aromatic heterocycles. The van der Waals surface area contributed by atoms with E-state index in [1.807, 2.05) is 0 Å². The third kappa shape index (κ3) is 4.53. The van der Waals surface area contributed by atoms with Crippen molar-refractivity contribution in [3.05, 3.63) is 69.5 Å². The van der Waals surface area contributed by atoms with Crippen molar-refractivity contribution in [2.75, 3.05) is 6.61 Å². The summed E-state index contributed by atoms with van der Waals surface area (Å²) in [6, 6.07) is 9.88. The molecule has 1 N–H and O–H groups in total. The molecule has 0 saturated carbocycles. The molecule has 0 atom stereocenters. The molecule has 24 heavy (non-hydrogen) atoms. The van der Waals surface area contributed by atoms with Gasteiger partial charge in [-0.05, 0) is 24.3 Å². The average molecular weight is 370 g/mol. The summed E-state index contributed by atoms with van der Waals surface area (Å²) in [5, 5.41) is 1.69. The molecule has 5 nitrogen and oxygen atoms in total. The van der Waals surface area contributed by atoms with Crippen LogP contribution in [-0.4, -0.2) is 24.4 Å². The SMILES string of the molecule is O=C(COC(=O)c1cc(F)c(Cl)cc1Cl)NC(=O)c1ccccc1. The van der Waals surface area contributed by atoms with E-state index in [9.17, 15) is 18.8 Å². The number of amides is 2. The number of hydrogen-bond donors (Lipinski definition) is 1. The van der Waals surface area contributed by atoms with Gasteiger partial charge in [-0.3, -0.25) is 14.9 Å². The molecule has 2 aromatic carbocycles. The van der Waals surface area contributed by atoms with Crippen molar-refractivity contribution >= 4 is 41.0 Å². The smallest absolute Gasteiger partial charge is 0.340 e. The number of hydrogen-bond acceptors (Lipinski definition) is 4. The van der Waals surface area contributed by atoms with Crippen LogP contribution in [0.2, 0.25) is 10.0 Å². The van der Waals surface area contributed by atoms with Crippen molar-refractivity contribution in [3.63, 3.8) is 0 Å². The highest BCUT2D eigenvalue weighted by atomic mass is 35.5. The fourth-order valence-electron chi connectivity index (χ4n) is 1.71. The topological polar surface area (TPSA) is 72.5 Å². The fraction of sp³-hybridized carbons (Fsp3) is 0.0625. The van der Waals surface area contributed by atoms with Crippen molar-refractivity contribution in [3.8, 4) is 0 Å². The monoisotopic (exact) mass is 369 g/mol. The fourth-order valence-corrected chi connectivity index (χ4v) is 2.17. The van der Waals surface area contributed by atoms with Gasteiger partial charge < -0.3 is 4.74 Å². The van der Waals surface area contributed by atoms with E-state index in [1.54, 1.807) is 18.2 Å². The quantitative estimate of drug-likeness (QED) is 0.663. The molecule has 0 radical (unpaired) electrons. The number of carbonyl (C=O) groups excluding carboxylic acids is 3. The van der Waals surface area contributed by atoms with Crippen LogP contribution in [0.15, 0.2) is 42.5 Å². The minimum Gasteiger partial charge on any atom is -0.452 e. The van der Waals surface area contributed by atoms with Crippen molar-refractivity contribution in [2.24, 2.45) is 0 Å². The van der Waals surface area contributed by atoms with Gasteiger partial charge in [0.1, 0.15) is 5.82 Å². The number of ether oxygens (including phenoxy) is 1. The average Bonchev–Trinajstić information content (AvgIpc) is 2.56. The molecule has 124 valence electrons. The minimum atomic E-state index is -1.02. The van der Waals surface area contributed by atoms with Gasteiger partial charge in [-0.15, -0.1) is 0 Å². The van der Waals surface area contributed by atoms with Crippen LogP contribution in [0.3, 0.4) is 0 Å². The minimum absolute atomic E-state index is 0.118. The van der Waals surface area contributed by atoms with Crippen LogP contribution in [0.5, 0.6) is 0 Å². The number of nitrogens with one attached hydrogen (secondary N) is 1. The lowest BCUT2D eigenvalue weighted by Crippen LogP contribution is -2.34. The Kier molecular flexibility index (Phi) is 5.89. The first-order valence-electron chi connectivity index (χ1n) is 6.59. The first-order chi connectivity index (χ1) is 11.4. The van der Waals surface area contributed by atoms with Crippen LogP contribution in [0.1, 0.15) is 20.7 Å². The second kappa shape index (κ2) is 7.90. The van der Waals surface area contributed by atoms with Gasteiger partial charge in [0.15, 0.2) is 6.61 Å². The molecule has 0 unspecified atom stereocenters. The molecule has 2 aromatic rings. The van der Waals surface area contributed by atoms with Gasteiger partial charge in [0.05, 0.1) is 15.6 Å². The van der Waals surface area contributed by atoms with Crippen molar-refractivity contribution < 1.29 is 23.5 Å². The maximum atomic E-state index is 13.4. The Morgan fingerprint density at radius 2 is 1.71 bits per heavy atom. The van der Waals surface area contributed by atoms with Gasteiger partial charge in [0.25, 0.3) is 11.8 Å². The van der Waals surface area contributed by atoms with E-state index in [4.69, 9.17) is 27.9 Å². The molecule has 0 spiro atoms. The Morgan fingerprint density at radius 3 is 2.38 bits per heavy atom. The third-order valence-corrected chi connectivity index (χ3v) is 3.46. The van der Waals surface area contributed by atoms with Gasteiger partial charge in [-0.25, -0.2) is 9.18 Å². The Balaban J connectivity index is 1.93. The van der Waals surface area contributed by atoms with E-state index >= 15 is 0 Å². The van der Waals surface area contributed by atoms with E-state index in [-0.39, 0.29) is 21.2 Å². The molecule has 0 aliphatic rings. The van der Waals surface area contributed by atoms with Crippen molar-refractivity contribution in [1.29, 1.82) is 0 Å². The molecule has 0 bridgehead atoms. The van der Waals surface area contributed by atoms with E-state index in [0.717, 1.165) is 12.1 Å². The Bertz CT molecular complexity index is 796. The molecule has 0 aliphatic carbocycles. The molecule has 0 fully saturated rings. The van der Waals surface area contributed by atoms with Gasteiger partial charge in [-0.1, -0.05) is 41.4 Å². The molecule has 0 heterocycles. The number of carbonyl (C=O) groups is 3. The normalized spacial score (nSPS) is 10.1. The van der Waals surface area contributed by atoms with Crippen molar-refractivity contribution in [1.82, 2.24) is 5.32 Å². The summed E-state index contributed by atoms with van der Waals surface area (Å²) in [6.45, 7) is -0.724. The Hall–Kier alpha value is -2.44. The summed E-state index contributed by atoms with van der Waals surface area (Å²) in [6.07, 6.45) is 0. The molecular weight excluding hydrogens is 360 g/mol. The molecule has 8 heteroatoms. The number of halogens is 3. The maximum absolute atomic E-state index is 13.4. The van der Waals surface area contributed by atoms with E-state index in [2.05, 4.69) is 5.32 Å². The highest BCUT2D eigenvalue weighted by molar-refractivity contribution is 6.36. The Labute approximate surface area is 146 Å². The predicted octanol–water partition coefficient (Wildman–Crippen LogP) is 3.25. The summed E-state index contributed by atoms with van der Waals surface area (Å²) in [4.78, 5) is 35.2. The summed E-state index contributed by atoms with van der Waals surface area (Å²) >= 11 is 11.3. The summed E-state index contributed by atoms with van der Waals surface area (Å²) < 4.78 is 18.1. The third-order valence-electron chi connectivity index (χ3n) is 2.85. The lowest BCUT2D eigenvalue weighted by atomic mass is 10.2. The first-order valence-corrected chi connectivity index (χ1v) is 7.35. The van der Waals surface area contributed by atoms with Crippen LogP contribution in [-0.2, 0) is 9.53 Å². The largest absolute Gasteiger partial charge is 0.452 e. The molecule has 2 amide bonds. The van der Waals surface area contributed by atoms with Gasteiger partial charge in [-0.2, -0.15) is 0 Å². The van der Waals surface area contributed by atoms with Crippen LogP contribution in [0.4, 0.5) is 4.39 Å². The maximum Gasteiger partial charge on any atom is 0.340 e. The first kappa shape index (κ1) is 17.9. The second-order valence-corrected chi connectivity index (χ2v) is 5.38. The zero-order valence-electron chi connectivity index (χ0n) is 12.0. The van der Waals surface area contributed by atoms with E-state index in [1.165, 1.54) is 12.1 Å². The predicted molar refractivity (Wildman–Crippen MR) is 85.6 cm³/mol. The van der Waals surface area contributed by atoms with Crippen LogP contribution in [0, 0.1) is 5.82 Å². The zero-order valence-corrected chi connectivity index (χ0v) is 13.5. The van der Waals surface area contributed by atoms with Gasteiger partial charge >= 0.3 is 5.97 Å². The number of esters is 1. The van der Waals surface area contributed by atoms with Crippen molar-refractivity contribution in [2.45, 2.75) is 0 Å². The highest BCUT2D eigenvalue weighted by Gasteiger charge is 2.18.